The second-order valence-corrected chi connectivity index (χ2v) is 5.17. The summed E-state index contributed by atoms with van der Waals surface area (Å²) < 4.78 is 16.2. The van der Waals surface area contributed by atoms with Crippen LogP contribution in [0.3, 0.4) is 0 Å². The van der Waals surface area contributed by atoms with E-state index in [4.69, 9.17) is 5.73 Å². The summed E-state index contributed by atoms with van der Waals surface area (Å²) in [6.45, 7) is 0. The quantitative estimate of drug-likeness (QED) is 0.757. The Labute approximate surface area is 123 Å². The van der Waals surface area contributed by atoms with E-state index in [1.54, 1.807) is 12.5 Å². The molecule has 3 heterocycles. The van der Waals surface area contributed by atoms with Crippen LogP contribution in [0.15, 0.2) is 24.9 Å². The fourth-order valence-electron chi connectivity index (χ4n) is 2.37. The van der Waals surface area contributed by atoms with Crippen LogP contribution in [0, 0.1) is 5.82 Å². The fourth-order valence-corrected chi connectivity index (χ4v) is 2.37. The predicted molar refractivity (Wildman–Crippen MR) is 75.8 cm³/mol. The van der Waals surface area contributed by atoms with Gasteiger partial charge in [-0.25, -0.2) is 18.9 Å². The number of amides is 1. The Bertz CT molecular complexity index is 880. The summed E-state index contributed by atoms with van der Waals surface area (Å²) in [5.41, 5.74) is 6.08. The minimum absolute atomic E-state index is 0.00640. The van der Waals surface area contributed by atoms with Crippen LogP contribution in [-0.2, 0) is 0 Å². The van der Waals surface area contributed by atoms with Gasteiger partial charge in [-0.15, -0.1) is 5.10 Å². The van der Waals surface area contributed by atoms with Gasteiger partial charge in [0.1, 0.15) is 11.4 Å². The summed E-state index contributed by atoms with van der Waals surface area (Å²) >= 11 is 0. The second-order valence-electron chi connectivity index (χ2n) is 5.17. The number of nitrogens with zero attached hydrogens (tertiary/aromatic N) is 5. The van der Waals surface area contributed by atoms with Gasteiger partial charge in [0, 0.05) is 6.04 Å². The topological polar surface area (TPSA) is 103 Å². The summed E-state index contributed by atoms with van der Waals surface area (Å²) in [5.74, 6) is -0.427. The van der Waals surface area contributed by atoms with Gasteiger partial charge in [0.05, 0.1) is 24.9 Å². The molecule has 3 aromatic rings. The van der Waals surface area contributed by atoms with E-state index in [0.29, 0.717) is 11.9 Å². The van der Waals surface area contributed by atoms with E-state index in [2.05, 4.69) is 20.4 Å². The lowest BCUT2D eigenvalue weighted by Crippen LogP contribution is -2.16. The predicted octanol–water partition coefficient (Wildman–Crippen LogP) is 1.23. The van der Waals surface area contributed by atoms with Crippen molar-refractivity contribution in [1.29, 1.82) is 0 Å². The molecule has 0 aromatic carbocycles. The molecule has 0 radical (unpaired) electrons. The van der Waals surface area contributed by atoms with Crippen molar-refractivity contribution in [1.82, 2.24) is 24.1 Å². The third-order valence-corrected chi connectivity index (χ3v) is 3.54. The summed E-state index contributed by atoms with van der Waals surface area (Å²) in [6, 6.07) is 0.381. The third-order valence-electron chi connectivity index (χ3n) is 3.54. The summed E-state index contributed by atoms with van der Waals surface area (Å²) in [7, 11) is 0. The highest BCUT2D eigenvalue weighted by Crippen LogP contribution is 2.37. The van der Waals surface area contributed by atoms with Crippen molar-refractivity contribution in [3.05, 3.63) is 36.3 Å². The molecule has 0 spiro atoms. The molecular formula is C13H12FN7O. The van der Waals surface area contributed by atoms with Gasteiger partial charge >= 0.3 is 0 Å². The number of imidazole rings is 1. The van der Waals surface area contributed by atoms with Crippen LogP contribution in [-0.4, -0.2) is 30.1 Å². The van der Waals surface area contributed by atoms with E-state index in [9.17, 15) is 9.18 Å². The lowest BCUT2D eigenvalue weighted by Gasteiger charge is -2.07. The first-order valence-corrected chi connectivity index (χ1v) is 6.76. The number of hydrogen-bond donors (Lipinski definition) is 2. The Kier molecular flexibility index (Phi) is 2.62. The number of carbonyl (C=O) groups is 1. The summed E-state index contributed by atoms with van der Waals surface area (Å²) in [6.07, 6.45) is 7.52. The van der Waals surface area contributed by atoms with Crippen molar-refractivity contribution in [2.24, 2.45) is 0 Å². The van der Waals surface area contributed by atoms with Gasteiger partial charge < -0.3 is 15.6 Å². The number of fused-ring (bicyclic) bond motifs is 1. The number of aromatic nitrogens is 5. The molecule has 4 rings (SSSR count). The number of carbonyl (C=O) groups excluding carboxylic acids is 1. The van der Waals surface area contributed by atoms with Crippen molar-refractivity contribution < 1.29 is 9.18 Å². The molecule has 22 heavy (non-hydrogen) atoms. The Morgan fingerprint density at radius 2 is 2.23 bits per heavy atom. The molecule has 9 heteroatoms. The lowest BCUT2D eigenvalue weighted by molar-refractivity contribution is 0.102. The molecule has 1 aliphatic rings. The summed E-state index contributed by atoms with van der Waals surface area (Å²) in [4.78, 5) is 20.4. The van der Waals surface area contributed by atoms with Crippen LogP contribution in [0.25, 0.3) is 5.65 Å². The minimum Gasteiger partial charge on any atom is -0.381 e. The van der Waals surface area contributed by atoms with Gasteiger partial charge in [-0.1, -0.05) is 0 Å². The minimum atomic E-state index is -0.561. The number of rotatable bonds is 3. The third kappa shape index (κ3) is 1.98. The molecule has 0 unspecified atom stereocenters. The van der Waals surface area contributed by atoms with Gasteiger partial charge in [0.15, 0.2) is 17.3 Å². The second kappa shape index (κ2) is 4.52. The molecule has 112 valence electrons. The first-order chi connectivity index (χ1) is 10.6. The van der Waals surface area contributed by atoms with Crippen molar-refractivity contribution in [3.8, 4) is 0 Å². The molecule has 1 aliphatic carbocycles. The largest absolute Gasteiger partial charge is 0.381 e. The Morgan fingerprint density at radius 3 is 3.00 bits per heavy atom. The normalized spacial score (nSPS) is 14.4. The average molecular weight is 301 g/mol. The number of halogens is 1. The number of hydrogen-bond acceptors (Lipinski definition) is 5. The maximum atomic E-state index is 13.2. The van der Waals surface area contributed by atoms with Crippen molar-refractivity contribution in [3.63, 3.8) is 0 Å². The zero-order valence-corrected chi connectivity index (χ0v) is 11.4. The average Bonchev–Trinajstić information content (AvgIpc) is 3.12. The zero-order chi connectivity index (χ0) is 15.3. The van der Waals surface area contributed by atoms with E-state index >= 15 is 0 Å². The number of nitrogens with one attached hydrogen (secondary N) is 1. The van der Waals surface area contributed by atoms with Gasteiger partial charge in [0.2, 0.25) is 0 Å². The zero-order valence-electron chi connectivity index (χ0n) is 11.4. The van der Waals surface area contributed by atoms with Gasteiger partial charge in [-0.05, 0) is 12.8 Å². The van der Waals surface area contributed by atoms with E-state index in [1.165, 1.54) is 0 Å². The van der Waals surface area contributed by atoms with Crippen molar-refractivity contribution >= 4 is 23.2 Å². The molecule has 1 saturated carbocycles. The molecule has 8 nitrogen and oxygen atoms in total. The van der Waals surface area contributed by atoms with Crippen LogP contribution < -0.4 is 11.1 Å². The van der Waals surface area contributed by atoms with Crippen LogP contribution in [0.1, 0.15) is 29.2 Å². The standard InChI is InChI=1S/C13H12FN7O/c14-7-3-17-12-10(11(15)19-21(12)5-7)13(22)18-9-4-16-6-20(9)8-1-2-8/h3-6,8H,1-2H2,(H2,15,19)(H,18,22). The number of anilines is 2. The molecular weight excluding hydrogens is 289 g/mol. The monoisotopic (exact) mass is 301 g/mol. The maximum absolute atomic E-state index is 13.2. The highest BCUT2D eigenvalue weighted by atomic mass is 19.1. The van der Waals surface area contributed by atoms with Crippen molar-refractivity contribution in [2.45, 2.75) is 18.9 Å². The van der Waals surface area contributed by atoms with E-state index in [1.807, 2.05) is 4.57 Å². The fraction of sp³-hybridized carbons (Fsp3) is 0.231. The highest BCUT2D eigenvalue weighted by Gasteiger charge is 2.27. The molecule has 0 bridgehead atoms. The smallest absolute Gasteiger partial charge is 0.264 e. The molecule has 0 aliphatic heterocycles. The van der Waals surface area contributed by atoms with E-state index in [-0.39, 0.29) is 17.0 Å². The van der Waals surface area contributed by atoms with E-state index in [0.717, 1.165) is 29.8 Å². The molecule has 0 atom stereocenters. The molecule has 1 fully saturated rings. The Morgan fingerprint density at radius 1 is 1.41 bits per heavy atom. The van der Waals surface area contributed by atoms with Crippen LogP contribution in [0.5, 0.6) is 0 Å². The van der Waals surface area contributed by atoms with Gasteiger partial charge in [-0.2, -0.15) is 0 Å². The van der Waals surface area contributed by atoms with Crippen molar-refractivity contribution in [2.75, 3.05) is 11.1 Å². The van der Waals surface area contributed by atoms with E-state index < -0.39 is 11.7 Å². The van der Waals surface area contributed by atoms with Crippen LogP contribution in [0.2, 0.25) is 0 Å². The van der Waals surface area contributed by atoms with Crippen LogP contribution in [0.4, 0.5) is 16.0 Å². The summed E-state index contributed by atoms with van der Waals surface area (Å²) in [5, 5.41) is 6.66. The van der Waals surface area contributed by atoms with Gasteiger partial charge in [0.25, 0.3) is 5.91 Å². The maximum Gasteiger partial charge on any atom is 0.264 e. The number of nitrogens with two attached hydrogens (primary N) is 1. The number of nitrogen functional groups attached to an aromatic ring is 1. The van der Waals surface area contributed by atoms with Gasteiger partial charge in [-0.3, -0.25) is 4.79 Å². The molecule has 3 aromatic heterocycles. The highest BCUT2D eigenvalue weighted by molar-refractivity contribution is 6.11. The molecule has 3 N–H and O–H groups in total. The Balaban J connectivity index is 1.70. The first kappa shape index (κ1) is 12.7. The SMILES string of the molecule is Nc1nn2cc(F)cnc2c1C(=O)Nc1cncn1C1CC1. The Hall–Kier alpha value is -2.97. The molecule has 1 amide bonds. The van der Waals surface area contributed by atoms with Crippen LogP contribution >= 0.6 is 0 Å². The first-order valence-electron chi connectivity index (χ1n) is 6.76. The molecule has 0 saturated heterocycles. The lowest BCUT2D eigenvalue weighted by atomic mass is 10.3.